The Balaban J connectivity index is 1.80. The minimum atomic E-state index is -4.11. The third kappa shape index (κ3) is 3.87. The maximum Gasteiger partial charge on any atom is 0.276 e. The molecule has 160 valence electrons. The van der Waals surface area contributed by atoms with Crippen molar-refractivity contribution in [3.05, 3.63) is 82.0 Å². The van der Waals surface area contributed by atoms with Crippen molar-refractivity contribution in [2.24, 2.45) is 0 Å². The summed E-state index contributed by atoms with van der Waals surface area (Å²) in [6, 6.07) is 12.6. The van der Waals surface area contributed by atoms with E-state index in [2.05, 4.69) is 14.7 Å². The Morgan fingerprint density at radius 1 is 1.12 bits per heavy atom. The van der Waals surface area contributed by atoms with Gasteiger partial charge in [-0.2, -0.15) is 5.26 Å². The molecule has 0 aliphatic carbocycles. The van der Waals surface area contributed by atoms with Crippen LogP contribution in [0.5, 0.6) is 5.88 Å². The molecule has 9 nitrogen and oxygen atoms in total. The molecule has 32 heavy (non-hydrogen) atoms. The quantitative estimate of drug-likeness (QED) is 0.477. The number of rotatable bonds is 5. The molecule has 0 amide bonds. The molecule has 3 heterocycles. The van der Waals surface area contributed by atoms with Crippen LogP contribution in [-0.2, 0) is 10.0 Å². The van der Waals surface area contributed by atoms with Crippen LogP contribution in [0.25, 0.3) is 16.8 Å². The van der Waals surface area contributed by atoms with Crippen molar-refractivity contribution in [2.45, 2.75) is 4.90 Å². The molecule has 0 aliphatic heterocycles. The number of fused-ring (bicyclic) bond motifs is 1. The van der Waals surface area contributed by atoms with E-state index < -0.39 is 15.6 Å². The first kappa shape index (κ1) is 21.3. The van der Waals surface area contributed by atoms with Crippen molar-refractivity contribution < 1.29 is 13.2 Å². The summed E-state index contributed by atoms with van der Waals surface area (Å²) >= 11 is 5.88. The van der Waals surface area contributed by atoms with Gasteiger partial charge in [-0.1, -0.05) is 23.7 Å². The number of ether oxygens (including phenoxy) is 1. The molecule has 0 aliphatic rings. The Hall–Kier alpha value is -3.94. The van der Waals surface area contributed by atoms with E-state index >= 15 is 0 Å². The Labute approximate surface area is 187 Å². The van der Waals surface area contributed by atoms with Crippen LogP contribution in [0.3, 0.4) is 0 Å². The fourth-order valence-corrected chi connectivity index (χ4v) is 4.41. The summed E-state index contributed by atoms with van der Waals surface area (Å²) in [6.07, 6.45) is 4.28. The summed E-state index contributed by atoms with van der Waals surface area (Å²) in [4.78, 5) is 20.4. The van der Waals surface area contributed by atoms with Crippen LogP contribution < -0.4 is 15.0 Å². The predicted octanol–water partition coefficient (Wildman–Crippen LogP) is 3.09. The highest BCUT2D eigenvalue weighted by molar-refractivity contribution is 7.92. The van der Waals surface area contributed by atoms with Crippen LogP contribution in [-0.4, -0.2) is 29.9 Å². The lowest BCUT2D eigenvalue weighted by molar-refractivity contribution is 0.400. The number of aromatic nitrogens is 3. The van der Waals surface area contributed by atoms with Crippen LogP contribution in [0.2, 0.25) is 5.02 Å². The Kier molecular flexibility index (Phi) is 5.52. The molecule has 0 fully saturated rings. The van der Waals surface area contributed by atoms with Crippen molar-refractivity contribution >= 4 is 33.0 Å². The third-order valence-corrected chi connectivity index (χ3v) is 6.26. The average molecular weight is 468 g/mol. The smallest absolute Gasteiger partial charge is 0.276 e. The van der Waals surface area contributed by atoms with Gasteiger partial charge < -0.3 is 4.74 Å². The molecule has 3 aromatic heterocycles. The molecule has 1 N–H and O–H groups in total. The number of nitrogens with one attached hydrogen (secondary N) is 1. The second kappa shape index (κ2) is 8.30. The van der Waals surface area contributed by atoms with Crippen molar-refractivity contribution in [1.29, 1.82) is 5.26 Å². The van der Waals surface area contributed by atoms with E-state index in [9.17, 15) is 18.5 Å². The molecule has 0 saturated carbocycles. The summed E-state index contributed by atoms with van der Waals surface area (Å²) in [7, 11) is -2.76. The van der Waals surface area contributed by atoms with Gasteiger partial charge in [0.1, 0.15) is 27.3 Å². The van der Waals surface area contributed by atoms with Crippen LogP contribution >= 0.6 is 11.6 Å². The van der Waals surface area contributed by atoms with Gasteiger partial charge >= 0.3 is 0 Å². The fourth-order valence-electron chi connectivity index (χ4n) is 3.06. The number of methoxy groups -OCH3 is 1. The molecule has 0 spiro atoms. The van der Waals surface area contributed by atoms with Crippen molar-refractivity contribution in [1.82, 2.24) is 14.4 Å². The average Bonchev–Trinajstić information content (AvgIpc) is 2.81. The van der Waals surface area contributed by atoms with Crippen molar-refractivity contribution in [3.63, 3.8) is 0 Å². The highest BCUT2D eigenvalue weighted by Crippen LogP contribution is 2.30. The van der Waals surface area contributed by atoms with Gasteiger partial charge in [-0.3, -0.25) is 13.9 Å². The van der Waals surface area contributed by atoms with E-state index in [4.69, 9.17) is 16.3 Å². The number of hydrogen-bond acceptors (Lipinski definition) is 7. The van der Waals surface area contributed by atoms with E-state index in [-0.39, 0.29) is 27.0 Å². The zero-order valence-electron chi connectivity index (χ0n) is 16.5. The SMILES string of the molecule is COc1ncc(-c2ccc3ncc(Cl)c(=O)n3c2)cc1NS(=O)(=O)c1ccccc1C#N. The van der Waals surface area contributed by atoms with Crippen molar-refractivity contribution in [2.75, 3.05) is 11.8 Å². The minimum Gasteiger partial charge on any atom is -0.480 e. The Bertz CT molecular complexity index is 1560. The summed E-state index contributed by atoms with van der Waals surface area (Å²) in [5.41, 5.74) is 1.10. The lowest BCUT2D eigenvalue weighted by Gasteiger charge is -2.13. The number of nitrogens with zero attached hydrogens (tertiary/aromatic N) is 4. The van der Waals surface area contributed by atoms with E-state index in [1.807, 2.05) is 6.07 Å². The molecule has 4 rings (SSSR count). The standard InChI is InChI=1S/C21H14ClN5O4S/c1-31-20-17(26-32(29,30)18-5-3-2-4-13(18)9-23)8-15(10-25-20)14-6-7-19-24-11-16(22)21(28)27(19)12-14/h2-8,10-12,26H,1H3. The third-order valence-electron chi connectivity index (χ3n) is 4.58. The minimum absolute atomic E-state index is 0.00126. The molecule has 0 atom stereocenters. The first-order chi connectivity index (χ1) is 15.3. The number of benzene rings is 1. The second-order valence-electron chi connectivity index (χ2n) is 6.55. The monoisotopic (exact) mass is 467 g/mol. The van der Waals surface area contributed by atoms with Gasteiger partial charge in [0.2, 0.25) is 5.88 Å². The number of anilines is 1. The normalized spacial score (nSPS) is 11.2. The van der Waals surface area contributed by atoms with Gasteiger partial charge in [-0.25, -0.2) is 18.4 Å². The van der Waals surface area contributed by atoms with E-state index in [0.29, 0.717) is 16.8 Å². The first-order valence-electron chi connectivity index (χ1n) is 9.07. The lowest BCUT2D eigenvalue weighted by atomic mass is 10.1. The first-order valence-corrected chi connectivity index (χ1v) is 10.9. The molecule has 0 saturated heterocycles. The highest BCUT2D eigenvalue weighted by Gasteiger charge is 2.21. The molecular formula is C21H14ClN5O4S. The second-order valence-corrected chi connectivity index (χ2v) is 8.61. The number of pyridine rings is 2. The Morgan fingerprint density at radius 3 is 2.66 bits per heavy atom. The number of halogens is 1. The number of nitriles is 1. The zero-order chi connectivity index (χ0) is 22.9. The summed E-state index contributed by atoms with van der Waals surface area (Å²) in [5, 5.41) is 9.22. The topological polar surface area (TPSA) is 126 Å². The summed E-state index contributed by atoms with van der Waals surface area (Å²) < 4.78 is 34.8. The van der Waals surface area contributed by atoms with E-state index in [1.54, 1.807) is 18.2 Å². The summed E-state index contributed by atoms with van der Waals surface area (Å²) in [6.45, 7) is 0. The van der Waals surface area contributed by atoms with Gasteiger partial charge in [0.05, 0.1) is 18.9 Å². The highest BCUT2D eigenvalue weighted by atomic mass is 35.5. The van der Waals surface area contributed by atoms with Crippen LogP contribution in [0, 0.1) is 11.3 Å². The van der Waals surface area contributed by atoms with Gasteiger partial charge in [0, 0.05) is 23.5 Å². The van der Waals surface area contributed by atoms with Gasteiger partial charge in [-0.15, -0.1) is 0 Å². The zero-order valence-corrected chi connectivity index (χ0v) is 18.1. The fraction of sp³-hybridized carbons (Fsp3) is 0.0476. The van der Waals surface area contributed by atoms with Crippen LogP contribution in [0.1, 0.15) is 5.56 Å². The van der Waals surface area contributed by atoms with E-state index in [1.165, 1.54) is 54.4 Å². The van der Waals surface area contributed by atoms with Crippen molar-refractivity contribution in [3.8, 4) is 23.1 Å². The summed E-state index contributed by atoms with van der Waals surface area (Å²) in [5.74, 6) is 0.0365. The largest absolute Gasteiger partial charge is 0.480 e. The maximum absolute atomic E-state index is 12.9. The number of sulfonamides is 1. The predicted molar refractivity (Wildman–Crippen MR) is 118 cm³/mol. The number of hydrogen-bond donors (Lipinski definition) is 1. The molecule has 0 unspecified atom stereocenters. The molecule has 1 aromatic carbocycles. The Morgan fingerprint density at radius 2 is 1.91 bits per heavy atom. The molecule has 0 bridgehead atoms. The van der Waals surface area contributed by atoms with E-state index in [0.717, 1.165) is 0 Å². The van der Waals surface area contributed by atoms with Gasteiger partial charge in [0.15, 0.2) is 0 Å². The lowest BCUT2D eigenvalue weighted by Crippen LogP contribution is -2.16. The van der Waals surface area contributed by atoms with Crippen LogP contribution in [0.15, 0.2) is 70.7 Å². The van der Waals surface area contributed by atoms with Crippen LogP contribution in [0.4, 0.5) is 5.69 Å². The van der Waals surface area contributed by atoms with Gasteiger partial charge in [0.25, 0.3) is 15.6 Å². The molecule has 11 heteroatoms. The van der Waals surface area contributed by atoms with Gasteiger partial charge in [-0.05, 0) is 30.3 Å². The molecule has 4 aromatic rings. The molecule has 0 radical (unpaired) electrons. The maximum atomic E-state index is 12.9. The molecular weight excluding hydrogens is 454 g/mol.